The van der Waals surface area contributed by atoms with E-state index in [0.717, 1.165) is 10.3 Å². The summed E-state index contributed by atoms with van der Waals surface area (Å²) in [5, 5.41) is 5.42. The van der Waals surface area contributed by atoms with Gasteiger partial charge in [-0.05, 0) is 17.5 Å². The molecule has 25 heavy (non-hydrogen) atoms. The van der Waals surface area contributed by atoms with Crippen molar-refractivity contribution in [2.45, 2.75) is 13.2 Å². The van der Waals surface area contributed by atoms with Crippen molar-refractivity contribution in [1.29, 1.82) is 0 Å². The molecule has 0 aliphatic heterocycles. The number of ether oxygens (including phenoxy) is 2. The third-order valence-electron chi connectivity index (χ3n) is 3.55. The average Bonchev–Trinajstić information content (AvgIpc) is 3.26. The van der Waals surface area contributed by atoms with E-state index in [-0.39, 0.29) is 24.9 Å². The van der Waals surface area contributed by atoms with Crippen LogP contribution in [0.15, 0.2) is 46.2 Å². The number of carbonyl (C=O) groups excluding carboxylic acids is 2. The standard InChI is InChI=1S/C18H17NO5S/c1-22-10-14-13-6-2-3-7-15(13)24-17(14)18(21)23-11-16(20)19-9-12-5-4-8-25-12/h2-8H,9-11H2,1H3,(H,19,20). The van der Waals surface area contributed by atoms with Crippen molar-refractivity contribution in [2.24, 2.45) is 0 Å². The Kier molecular flexibility index (Phi) is 5.47. The summed E-state index contributed by atoms with van der Waals surface area (Å²) in [5.74, 6) is -0.991. The normalized spacial score (nSPS) is 10.8. The molecule has 0 unspecified atom stereocenters. The maximum Gasteiger partial charge on any atom is 0.375 e. The van der Waals surface area contributed by atoms with Crippen LogP contribution in [0, 0.1) is 0 Å². The van der Waals surface area contributed by atoms with Gasteiger partial charge in [-0.15, -0.1) is 11.3 Å². The Morgan fingerprint density at radius 1 is 1.20 bits per heavy atom. The SMILES string of the molecule is COCc1c(C(=O)OCC(=O)NCc2cccs2)oc2ccccc12. The number of hydrogen-bond donors (Lipinski definition) is 1. The quantitative estimate of drug-likeness (QED) is 0.656. The molecule has 130 valence electrons. The molecule has 2 heterocycles. The van der Waals surface area contributed by atoms with Crippen LogP contribution < -0.4 is 5.32 Å². The summed E-state index contributed by atoms with van der Waals surface area (Å²) in [6.45, 7) is 0.257. The van der Waals surface area contributed by atoms with Gasteiger partial charge >= 0.3 is 5.97 Å². The van der Waals surface area contributed by atoms with Gasteiger partial charge in [0.15, 0.2) is 6.61 Å². The van der Waals surface area contributed by atoms with Crippen LogP contribution in [0.4, 0.5) is 0 Å². The lowest BCUT2D eigenvalue weighted by atomic mass is 10.1. The molecule has 2 aromatic heterocycles. The number of nitrogens with one attached hydrogen (secondary N) is 1. The minimum atomic E-state index is -0.686. The molecular formula is C18H17NO5S. The Bertz CT molecular complexity index is 869. The molecule has 0 fully saturated rings. The number of benzene rings is 1. The van der Waals surface area contributed by atoms with Crippen molar-refractivity contribution in [3.05, 3.63) is 58.0 Å². The van der Waals surface area contributed by atoms with Crippen LogP contribution in [0.3, 0.4) is 0 Å². The summed E-state index contributed by atoms with van der Waals surface area (Å²) in [5.41, 5.74) is 1.19. The molecule has 0 aliphatic rings. The smallest absolute Gasteiger partial charge is 0.375 e. The molecule has 0 aliphatic carbocycles. The maximum atomic E-state index is 12.3. The number of methoxy groups -OCH3 is 1. The molecule has 0 saturated heterocycles. The minimum absolute atomic E-state index is 0.0640. The molecule has 7 heteroatoms. The largest absolute Gasteiger partial charge is 0.450 e. The maximum absolute atomic E-state index is 12.3. The zero-order valence-corrected chi connectivity index (χ0v) is 14.4. The number of carbonyl (C=O) groups is 2. The number of para-hydroxylation sites is 1. The van der Waals surface area contributed by atoms with Gasteiger partial charge in [-0.25, -0.2) is 4.79 Å². The first-order valence-corrected chi connectivity index (χ1v) is 8.52. The van der Waals surface area contributed by atoms with Gasteiger partial charge in [0.05, 0.1) is 13.2 Å². The number of furan rings is 1. The third-order valence-corrected chi connectivity index (χ3v) is 4.42. The zero-order chi connectivity index (χ0) is 17.6. The highest BCUT2D eigenvalue weighted by Gasteiger charge is 2.22. The Morgan fingerprint density at radius 2 is 2.04 bits per heavy atom. The zero-order valence-electron chi connectivity index (χ0n) is 13.6. The van der Waals surface area contributed by atoms with Gasteiger partial charge in [0.1, 0.15) is 5.58 Å². The van der Waals surface area contributed by atoms with Crippen molar-refractivity contribution in [2.75, 3.05) is 13.7 Å². The van der Waals surface area contributed by atoms with Crippen molar-refractivity contribution >= 4 is 34.2 Å². The molecule has 3 rings (SSSR count). The first kappa shape index (κ1) is 17.2. The molecule has 1 aromatic carbocycles. The second kappa shape index (κ2) is 7.96. The van der Waals surface area contributed by atoms with E-state index in [0.29, 0.717) is 17.7 Å². The predicted molar refractivity (Wildman–Crippen MR) is 93.4 cm³/mol. The fourth-order valence-corrected chi connectivity index (χ4v) is 3.04. The predicted octanol–water partition coefficient (Wildman–Crippen LogP) is 3.11. The Balaban J connectivity index is 1.63. The van der Waals surface area contributed by atoms with Gasteiger partial charge in [-0.1, -0.05) is 24.3 Å². The number of amides is 1. The molecule has 1 N–H and O–H groups in total. The van der Waals surface area contributed by atoms with E-state index in [9.17, 15) is 9.59 Å². The second-order valence-electron chi connectivity index (χ2n) is 5.27. The molecule has 3 aromatic rings. The fourth-order valence-electron chi connectivity index (χ4n) is 2.40. The van der Waals surface area contributed by atoms with Gasteiger partial charge in [-0.3, -0.25) is 4.79 Å². The van der Waals surface area contributed by atoms with Crippen LogP contribution in [0.1, 0.15) is 21.0 Å². The summed E-state index contributed by atoms with van der Waals surface area (Å²) in [6, 6.07) is 11.1. The number of thiophene rings is 1. The van der Waals surface area contributed by atoms with Crippen molar-refractivity contribution in [3.8, 4) is 0 Å². The highest BCUT2D eigenvalue weighted by molar-refractivity contribution is 7.09. The molecule has 0 atom stereocenters. The average molecular weight is 359 g/mol. The van der Waals surface area contributed by atoms with Crippen LogP contribution in [0.5, 0.6) is 0 Å². The third kappa shape index (κ3) is 4.07. The summed E-state index contributed by atoms with van der Waals surface area (Å²) < 4.78 is 15.8. The van der Waals surface area contributed by atoms with E-state index < -0.39 is 5.97 Å². The highest BCUT2D eigenvalue weighted by atomic mass is 32.1. The van der Waals surface area contributed by atoms with Crippen molar-refractivity contribution in [3.63, 3.8) is 0 Å². The van der Waals surface area contributed by atoms with Crippen LogP contribution in [-0.2, 0) is 27.4 Å². The Labute approximate surface area is 148 Å². The van der Waals surface area contributed by atoms with Crippen molar-refractivity contribution < 1.29 is 23.5 Å². The number of rotatable bonds is 7. The molecule has 6 nitrogen and oxygen atoms in total. The summed E-state index contributed by atoms with van der Waals surface area (Å²) >= 11 is 1.54. The van der Waals surface area contributed by atoms with Gasteiger partial charge in [0.25, 0.3) is 5.91 Å². The van der Waals surface area contributed by atoms with Crippen LogP contribution >= 0.6 is 11.3 Å². The molecular weight excluding hydrogens is 342 g/mol. The van der Waals surface area contributed by atoms with Gasteiger partial charge < -0.3 is 19.2 Å². The summed E-state index contributed by atoms with van der Waals surface area (Å²) in [4.78, 5) is 25.1. The van der Waals surface area contributed by atoms with E-state index >= 15 is 0 Å². The fraction of sp³-hybridized carbons (Fsp3) is 0.222. The lowest BCUT2D eigenvalue weighted by Gasteiger charge is -2.05. The van der Waals surface area contributed by atoms with Gasteiger partial charge in [-0.2, -0.15) is 0 Å². The van der Waals surface area contributed by atoms with Crippen LogP contribution in [0.25, 0.3) is 11.0 Å². The van der Waals surface area contributed by atoms with Crippen LogP contribution in [-0.4, -0.2) is 25.6 Å². The molecule has 0 radical (unpaired) electrons. The Hall–Kier alpha value is -2.64. The monoisotopic (exact) mass is 359 g/mol. The van der Waals surface area contributed by atoms with Crippen molar-refractivity contribution in [1.82, 2.24) is 5.32 Å². The molecule has 1 amide bonds. The first-order valence-electron chi connectivity index (χ1n) is 7.64. The summed E-state index contributed by atoms with van der Waals surface area (Å²) in [6.07, 6.45) is 0. The summed E-state index contributed by atoms with van der Waals surface area (Å²) in [7, 11) is 1.54. The minimum Gasteiger partial charge on any atom is -0.450 e. The van der Waals surface area contributed by atoms with E-state index in [1.807, 2.05) is 35.7 Å². The first-order chi connectivity index (χ1) is 12.2. The van der Waals surface area contributed by atoms with Gasteiger partial charge in [0.2, 0.25) is 5.76 Å². The van der Waals surface area contributed by atoms with Crippen LogP contribution in [0.2, 0.25) is 0 Å². The van der Waals surface area contributed by atoms with E-state index in [4.69, 9.17) is 13.9 Å². The topological polar surface area (TPSA) is 77.8 Å². The number of hydrogen-bond acceptors (Lipinski definition) is 6. The molecule has 0 bridgehead atoms. The lowest BCUT2D eigenvalue weighted by molar-refractivity contribution is -0.124. The van der Waals surface area contributed by atoms with E-state index in [1.54, 1.807) is 17.4 Å². The van der Waals surface area contributed by atoms with E-state index in [1.165, 1.54) is 7.11 Å². The number of esters is 1. The lowest BCUT2D eigenvalue weighted by Crippen LogP contribution is -2.28. The van der Waals surface area contributed by atoms with Gasteiger partial charge in [0, 0.05) is 22.9 Å². The second-order valence-corrected chi connectivity index (χ2v) is 6.30. The molecule has 0 spiro atoms. The van der Waals surface area contributed by atoms with E-state index in [2.05, 4.69) is 5.32 Å². The number of fused-ring (bicyclic) bond motifs is 1. The Morgan fingerprint density at radius 3 is 2.80 bits per heavy atom. The molecule has 0 saturated carbocycles. The highest BCUT2D eigenvalue weighted by Crippen LogP contribution is 2.27.